The number of alkyl halides is 2. The number of morpholine rings is 1. The van der Waals surface area contributed by atoms with Gasteiger partial charge in [0.05, 0.1) is 31.1 Å². The van der Waals surface area contributed by atoms with Gasteiger partial charge >= 0.3 is 6.09 Å². The van der Waals surface area contributed by atoms with E-state index < -0.39 is 23.6 Å². The molecule has 49 heavy (non-hydrogen) atoms. The average molecular weight is 684 g/mol. The van der Waals surface area contributed by atoms with Crippen molar-refractivity contribution < 1.29 is 27.8 Å². The van der Waals surface area contributed by atoms with E-state index in [0.29, 0.717) is 43.7 Å². The third-order valence-electron chi connectivity index (χ3n) is 10.5. The first kappa shape index (κ1) is 33.6. The first-order valence-corrected chi connectivity index (χ1v) is 17.5. The Morgan fingerprint density at radius 2 is 1.80 bits per heavy atom. The van der Waals surface area contributed by atoms with Crippen LogP contribution >= 0.6 is 0 Å². The monoisotopic (exact) mass is 683 g/mol. The minimum atomic E-state index is -2.84. The van der Waals surface area contributed by atoms with Crippen molar-refractivity contribution in [2.24, 2.45) is 11.3 Å². The molecule has 0 bridgehead atoms. The summed E-state index contributed by atoms with van der Waals surface area (Å²) < 4.78 is 42.4. The molecule has 4 aliphatic rings. The third-order valence-corrected chi connectivity index (χ3v) is 10.5. The lowest BCUT2D eigenvalue weighted by Gasteiger charge is -2.54. The quantitative estimate of drug-likeness (QED) is 0.366. The number of nitrogens with one attached hydrogen (secondary N) is 1. The zero-order valence-electron chi connectivity index (χ0n) is 28.6. The summed E-state index contributed by atoms with van der Waals surface area (Å²) in [5.74, 6) is 0.686. The number of rotatable bonds is 7. The Morgan fingerprint density at radius 3 is 2.47 bits per heavy atom. The molecule has 4 fully saturated rings. The summed E-state index contributed by atoms with van der Waals surface area (Å²) in [6, 6.07) is 1.83. The van der Waals surface area contributed by atoms with Crippen LogP contribution in [0.2, 0.25) is 0 Å². The van der Waals surface area contributed by atoms with Crippen LogP contribution in [0.25, 0.3) is 5.65 Å². The van der Waals surface area contributed by atoms with Crippen LogP contribution in [0.5, 0.6) is 0 Å². The maximum atomic E-state index is 14.1. The number of carbonyl (C=O) groups excluding carboxylic acids is 2. The van der Waals surface area contributed by atoms with Crippen LogP contribution < -0.4 is 10.2 Å². The number of piperidine rings is 1. The smallest absolute Gasteiger partial charge is 0.410 e. The minimum Gasteiger partial charge on any atom is -0.444 e. The molecule has 0 atom stereocenters. The van der Waals surface area contributed by atoms with Gasteiger partial charge in [-0.15, -0.1) is 0 Å². The Morgan fingerprint density at radius 1 is 1.08 bits per heavy atom. The zero-order chi connectivity index (χ0) is 34.3. The molecule has 6 heterocycles. The Kier molecular flexibility index (Phi) is 9.24. The van der Waals surface area contributed by atoms with Crippen molar-refractivity contribution >= 4 is 29.2 Å². The minimum absolute atomic E-state index is 0.00688. The average Bonchev–Trinajstić information content (AvgIpc) is 3.68. The second kappa shape index (κ2) is 13.5. The summed E-state index contributed by atoms with van der Waals surface area (Å²) in [5.41, 5.74) is -0.137. The van der Waals surface area contributed by atoms with Gasteiger partial charge in [0.1, 0.15) is 17.0 Å². The lowest BCUT2D eigenvalue weighted by molar-refractivity contribution is -0.0610. The Labute approximate surface area is 284 Å². The predicted octanol–water partition coefficient (Wildman–Crippen LogP) is 5.02. The maximum absolute atomic E-state index is 14.1. The van der Waals surface area contributed by atoms with E-state index in [4.69, 9.17) is 9.47 Å². The molecule has 0 radical (unpaired) electrons. The topological polar surface area (TPSA) is 122 Å². The highest BCUT2D eigenvalue weighted by atomic mass is 19.3. The van der Waals surface area contributed by atoms with E-state index in [2.05, 4.69) is 30.3 Å². The molecule has 0 unspecified atom stereocenters. The second-order valence-corrected chi connectivity index (χ2v) is 15.2. The molecule has 2 amide bonds. The van der Waals surface area contributed by atoms with Gasteiger partial charge in [0, 0.05) is 50.5 Å². The fraction of sp³-hybridized carbons (Fsp3) is 0.676. The summed E-state index contributed by atoms with van der Waals surface area (Å²) in [7, 11) is 0. The number of aromatic nitrogens is 5. The van der Waals surface area contributed by atoms with Crippen molar-refractivity contribution in [3.05, 3.63) is 35.9 Å². The number of fused-ring (bicyclic) bond motifs is 1. The number of carbonyl (C=O) groups is 2. The van der Waals surface area contributed by atoms with E-state index in [0.717, 1.165) is 71.2 Å². The molecule has 3 aliphatic heterocycles. The first-order valence-electron chi connectivity index (χ1n) is 17.5. The third kappa shape index (κ3) is 7.37. The summed E-state index contributed by atoms with van der Waals surface area (Å²) in [4.78, 5) is 36.9. The standard InChI is InChI=1S/C34H47F2N9O4/c1-33(2,3)49-32(47)43-21-34(22-43)9-12-41(13-10-34)19-23-4-6-24(7-5-23)45-20-26(28(40-45)29(35)36)38-31(46)25-18-37-44-11-8-27(39-30(25)44)42-14-16-48-17-15-42/h8,11,18,20,23-24,29H,4-7,9-10,12-17,19,21-22H2,1-3H3,(H,38,46)/t23-,24-. The lowest BCUT2D eigenvalue weighted by atomic mass is 9.72. The van der Waals surface area contributed by atoms with Crippen molar-refractivity contribution in [3.63, 3.8) is 0 Å². The van der Waals surface area contributed by atoms with E-state index in [1.807, 2.05) is 31.7 Å². The predicted molar refractivity (Wildman–Crippen MR) is 178 cm³/mol. The molecule has 266 valence electrons. The number of hydrogen-bond donors (Lipinski definition) is 1. The fourth-order valence-electron chi connectivity index (χ4n) is 7.73. The van der Waals surface area contributed by atoms with Crippen LogP contribution in [0, 0.1) is 11.3 Å². The van der Waals surface area contributed by atoms with Crippen LogP contribution in [0.4, 0.5) is 25.1 Å². The molecule has 3 aromatic rings. The number of nitrogens with zero attached hydrogens (tertiary/aromatic N) is 8. The lowest BCUT2D eigenvalue weighted by Crippen LogP contribution is -2.62. The Bertz CT molecular complexity index is 1640. The highest BCUT2D eigenvalue weighted by Crippen LogP contribution is 2.42. The maximum Gasteiger partial charge on any atom is 0.410 e. The number of ether oxygens (including phenoxy) is 2. The molecule has 7 rings (SSSR count). The molecule has 1 saturated carbocycles. The molecule has 15 heteroatoms. The second-order valence-electron chi connectivity index (χ2n) is 15.2. The summed E-state index contributed by atoms with van der Waals surface area (Å²) in [6.07, 6.45) is 7.46. The Balaban J connectivity index is 0.919. The number of hydrogen-bond acceptors (Lipinski definition) is 9. The zero-order valence-corrected chi connectivity index (χ0v) is 28.6. The van der Waals surface area contributed by atoms with E-state index >= 15 is 0 Å². The van der Waals surface area contributed by atoms with Crippen LogP contribution in [0.15, 0.2) is 24.7 Å². The van der Waals surface area contributed by atoms with Gasteiger partial charge in [0.15, 0.2) is 11.3 Å². The molecular weight excluding hydrogens is 636 g/mol. The van der Waals surface area contributed by atoms with Crippen molar-refractivity contribution in [1.82, 2.24) is 34.2 Å². The summed E-state index contributed by atoms with van der Waals surface area (Å²) in [5, 5.41) is 11.2. The number of amides is 2. The van der Waals surface area contributed by atoms with Gasteiger partial charge in [-0.1, -0.05) is 0 Å². The van der Waals surface area contributed by atoms with Crippen LogP contribution in [-0.2, 0) is 9.47 Å². The number of anilines is 2. The van der Waals surface area contributed by atoms with Gasteiger partial charge in [-0.25, -0.2) is 23.1 Å². The summed E-state index contributed by atoms with van der Waals surface area (Å²) in [6.45, 7) is 12.9. The molecule has 3 saturated heterocycles. The van der Waals surface area contributed by atoms with Crippen molar-refractivity contribution in [1.29, 1.82) is 0 Å². The van der Waals surface area contributed by atoms with Crippen molar-refractivity contribution in [2.75, 3.05) is 69.2 Å². The molecule has 1 N–H and O–H groups in total. The molecule has 13 nitrogen and oxygen atoms in total. The highest BCUT2D eigenvalue weighted by Gasteiger charge is 2.48. The van der Waals surface area contributed by atoms with Crippen LogP contribution in [-0.4, -0.2) is 111 Å². The van der Waals surface area contributed by atoms with Gasteiger partial charge in [-0.2, -0.15) is 10.2 Å². The number of halogens is 2. The molecule has 3 aromatic heterocycles. The van der Waals surface area contributed by atoms with E-state index in [1.165, 1.54) is 10.7 Å². The highest BCUT2D eigenvalue weighted by molar-refractivity contribution is 6.08. The Hall–Kier alpha value is -3.85. The summed E-state index contributed by atoms with van der Waals surface area (Å²) >= 11 is 0. The molecule has 1 spiro atoms. The van der Waals surface area contributed by atoms with Crippen LogP contribution in [0.3, 0.4) is 0 Å². The first-order chi connectivity index (χ1) is 23.5. The van der Waals surface area contributed by atoms with E-state index in [1.54, 1.807) is 17.1 Å². The van der Waals surface area contributed by atoms with Crippen molar-refractivity contribution in [3.8, 4) is 0 Å². The van der Waals surface area contributed by atoms with E-state index in [-0.39, 0.29) is 28.8 Å². The largest absolute Gasteiger partial charge is 0.444 e. The van der Waals surface area contributed by atoms with Gasteiger partial charge in [0.25, 0.3) is 12.3 Å². The van der Waals surface area contributed by atoms with E-state index in [9.17, 15) is 18.4 Å². The molecular formula is C34H47F2N9O4. The van der Waals surface area contributed by atoms with Crippen molar-refractivity contribution in [2.45, 2.75) is 77.4 Å². The fourth-order valence-corrected chi connectivity index (χ4v) is 7.73. The molecule has 1 aliphatic carbocycles. The van der Waals surface area contributed by atoms with Crippen LogP contribution in [0.1, 0.15) is 87.8 Å². The normalized spacial score (nSPS) is 23.2. The number of likely N-dealkylation sites (tertiary alicyclic amines) is 2. The van der Waals surface area contributed by atoms with Gasteiger partial charge in [-0.05, 0) is 84.4 Å². The van der Waals surface area contributed by atoms with Gasteiger partial charge in [-0.3, -0.25) is 9.48 Å². The van der Waals surface area contributed by atoms with Gasteiger partial charge in [0.2, 0.25) is 0 Å². The SMILES string of the molecule is CC(C)(C)OC(=O)N1CC2(CCN(C[C@H]3CC[C@H](n4cc(NC(=O)c5cnn6ccc(N7CCOCC7)nc56)c(C(F)F)n4)CC3)CC2)C1. The van der Waals surface area contributed by atoms with Gasteiger partial charge < -0.3 is 29.5 Å². The molecule has 0 aromatic carbocycles.